The third-order valence-corrected chi connectivity index (χ3v) is 4.16. The summed E-state index contributed by atoms with van der Waals surface area (Å²) in [5.41, 5.74) is 0.503. The maximum Gasteiger partial charge on any atom is 0.326 e. The summed E-state index contributed by atoms with van der Waals surface area (Å²) in [6.45, 7) is 3.63. The molecule has 6 nitrogen and oxygen atoms in total. The molecule has 0 radical (unpaired) electrons. The highest BCUT2D eigenvalue weighted by Crippen LogP contribution is 2.17. The van der Waals surface area contributed by atoms with Crippen molar-refractivity contribution >= 4 is 22.8 Å². The van der Waals surface area contributed by atoms with Crippen LogP contribution in [0.1, 0.15) is 30.6 Å². The van der Waals surface area contributed by atoms with Crippen molar-refractivity contribution in [1.29, 1.82) is 0 Å². The molecular weight excluding hydrogens is 296 g/mol. The van der Waals surface area contributed by atoms with E-state index >= 15 is 0 Å². The summed E-state index contributed by atoms with van der Waals surface area (Å²) in [6.07, 6.45) is 0.620. The normalized spacial score (nSPS) is 13.5. The van der Waals surface area contributed by atoms with E-state index < -0.39 is 17.9 Å². The highest BCUT2D eigenvalue weighted by molar-refractivity contribution is 6.07. The predicted molar refractivity (Wildman–Crippen MR) is 87.5 cm³/mol. The van der Waals surface area contributed by atoms with Crippen molar-refractivity contribution in [2.75, 3.05) is 0 Å². The summed E-state index contributed by atoms with van der Waals surface area (Å²) >= 11 is 0. The topological polar surface area (TPSA) is 88.4 Å². The third-order valence-electron chi connectivity index (χ3n) is 4.16. The Balaban J connectivity index is 2.48. The molecule has 0 fully saturated rings. The molecule has 0 aliphatic carbocycles. The van der Waals surface area contributed by atoms with Gasteiger partial charge in [-0.1, -0.05) is 38.5 Å². The fourth-order valence-electron chi connectivity index (χ4n) is 2.50. The molecule has 0 bridgehead atoms. The Morgan fingerprint density at radius 3 is 2.57 bits per heavy atom. The molecule has 2 N–H and O–H groups in total. The van der Waals surface area contributed by atoms with E-state index in [-0.39, 0.29) is 17.0 Å². The quantitative estimate of drug-likeness (QED) is 0.880. The number of hydrogen-bond acceptors (Lipinski definition) is 3. The first-order valence-corrected chi connectivity index (χ1v) is 7.49. The van der Waals surface area contributed by atoms with Gasteiger partial charge in [0.1, 0.15) is 6.04 Å². The number of fused-ring (bicyclic) bond motifs is 1. The molecule has 0 aliphatic rings. The van der Waals surface area contributed by atoms with Crippen LogP contribution in [0.4, 0.5) is 0 Å². The third kappa shape index (κ3) is 3.26. The van der Waals surface area contributed by atoms with Crippen molar-refractivity contribution in [3.8, 4) is 0 Å². The minimum Gasteiger partial charge on any atom is -0.480 e. The zero-order chi connectivity index (χ0) is 17.1. The molecule has 23 heavy (non-hydrogen) atoms. The zero-order valence-corrected chi connectivity index (χ0v) is 13.4. The van der Waals surface area contributed by atoms with Crippen LogP contribution >= 0.6 is 0 Å². The molecule has 2 rings (SSSR count). The van der Waals surface area contributed by atoms with Crippen molar-refractivity contribution < 1.29 is 14.7 Å². The van der Waals surface area contributed by atoms with E-state index in [0.717, 1.165) is 0 Å². The van der Waals surface area contributed by atoms with Gasteiger partial charge in [-0.05, 0) is 12.0 Å². The number of para-hydroxylation sites is 1. The molecule has 0 saturated carbocycles. The van der Waals surface area contributed by atoms with Crippen molar-refractivity contribution in [1.82, 2.24) is 9.88 Å². The highest BCUT2D eigenvalue weighted by Gasteiger charge is 2.26. The number of carbonyl (C=O) groups excluding carboxylic acids is 1. The largest absolute Gasteiger partial charge is 0.480 e. The summed E-state index contributed by atoms with van der Waals surface area (Å²) in [4.78, 5) is 35.9. The molecule has 1 heterocycles. The van der Waals surface area contributed by atoms with Gasteiger partial charge in [0, 0.05) is 18.5 Å². The number of amides is 1. The van der Waals surface area contributed by atoms with Gasteiger partial charge in [-0.25, -0.2) is 4.79 Å². The Morgan fingerprint density at radius 2 is 1.96 bits per heavy atom. The number of nitrogens with zero attached hydrogens (tertiary/aromatic N) is 1. The SMILES string of the molecule is CCC(C)C(NC(=O)c1cc(=O)n(C)c2ccccc12)C(=O)O. The molecule has 6 heteroatoms. The van der Waals surface area contributed by atoms with E-state index in [1.165, 1.54) is 10.6 Å². The van der Waals surface area contributed by atoms with Gasteiger partial charge >= 0.3 is 5.97 Å². The van der Waals surface area contributed by atoms with Crippen molar-refractivity contribution in [3.63, 3.8) is 0 Å². The van der Waals surface area contributed by atoms with Crippen LogP contribution in [0.5, 0.6) is 0 Å². The summed E-state index contributed by atoms with van der Waals surface area (Å²) < 4.78 is 1.45. The minimum absolute atomic E-state index is 0.193. The Bertz CT molecular complexity index is 810. The van der Waals surface area contributed by atoms with Crippen molar-refractivity contribution in [2.45, 2.75) is 26.3 Å². The average Bonchev–Trinajstić information content (AvgIpc) is 2.54. The monoisotopic (exact) mass is 316 g/mol. The Kier molecular flexibility index (Phi) is 4.83. The van der Waals surface area contributed by atoms with E-state index in [4.69, 9.17) is 0 Å². The summed E-state index contributed by atoms with van der Waals surface area (Å²) in [5, 5.41) is 12.4. The second-order valence-corrected chi connectivity index (χ2v) is 5.65. The van der Waals surface area contributed by atoms with Gasteiger partial charge in [0.2, 0.25) is 0 Å². The standard InChI is InChI=1S/C17H20N2O4/c1-4-10(2)15(17(22)23)18-16(21)12-9-14(20)19(3)13-8-6-5-7-11(12)13/h5-10,15H,4H2,1-3H3,(H,18,21)(H,22,23). The lowest BCUT2D eigenvalue weighted by Gasteiger charge is -2.20. The van der Waals surface area contributed by atoms with Gasteiger partial charge in [0.05, 0.1) is 11.1 Å². The van der Waals surface area contributed by atoms with E-state index in [1.54, 1.807) is 38.2 Å². The summed E-state index contributed by atoms with van der Waals surface area (Å²) in [6, 6.07) is 7.29. The lowest BCUT2D eigenvalue weighted by molar-refractivity contribution is -0.140. The average molecular weight is 316 g/mol. The van der Waals surface area contributed by atoms with Crippen LogP contribution in [0.2, 0.25) is 0 Å². The number of benzene rings is 1. The summed E-state index contributed by atoms with van der Waals surface area (Å²) in [7, 11) is 1.63. The molecule has 0 saturated heterocycles. The number of aryl methyl sites for hydroxylation is 1. The second kappa shape index (κ2) is 6.64. The smallest absolute Gasteiger partial charge is 0.326 e. The van der Waals surface area contributed by atoms with E-state index in [1.807, 2.05) is 6.92 Å². The van der Waals surface area contributed by atoms with Crippen molar-refractivity contribution in [2.24, 2.45) is 13.0 Å². The number of nitrogens with one attached hydrogen (secondary N) is 1. The van der Waals surface area contributed by atoms with E-state index in [0.29, 0.717) is 17.3 Å². The Hall–Kier alpha value is -2.63. The maximum absolute atomic E-state index is 12.5. The highest BCUT2D eigenvalue weighted by atomic mass is 16.4. The number of carboxylic acid groups (broad SMARTS) is 1. The predicted octanol–water partition coefficient (Wildman–Crippen LogP) is 1.77. The lowest BCUT2D eigenvalue weighted by atomic mass is 9.98. The first kappa shape index (κ1) is 16.7. The molecule has 2 aromatic rings. The lowest BCUT2D eigenvalue weighted by Crippen LogP contribution is -2.45. The van der Waals surface area contributed by atoms with Crippen LogP contribution in [0, 0.1) is 5.92 Å². The van der Waals surface area contributed by atoms with Crippen LogP contribution in [0.3, 0.4) is 0 Å². The number of aromatic nitrogens is 1. The minimum atomic E-state index is -1.08. The van der Waals surface area contributed by atoms with Crippen LogP contribution in [-0.4, -0.2) is 27.6 Å². The number of rotatable bonds is 5. The molecule has 2 unspecified atom stereocenters. The van der Waals surface area contributed by atoms with Crippen LogP contribution in [-0.2, 0) is 11.8 Å². The number of aliphatic carboxylic acids is 1. The first-order chi connectivity index (χ1) is 10.9. The first-order valence-electron chi connectivity index (χ1n) is 7.49. The van der Waals surface area contributed by atoms with Crippen molar-refractivity contribution in [3.05, 3.63) is 46.2 Å². The van der Waals surface area contributed by atoms with Gasteiger partial charge in [0.15, 0.2) is 0 Å². The molecule has 122 valence electrons. The van der Waals surface area contributed by atoms with Gasteiger partial charge in [-0.3, -0.25) is 9.59 Å². The number of carboxylic acids is 1. The second-order valence-electron chi connectivity index (χ2n) is 5.65. The number of hydrogen-bond donors (Lipinski definition) is 2. The summed E-state index contributed by atoms with van der Waals surface area (Å²) in [5.74, 6) is -1.85. The van der Waals surface area contributed by atoms with Gasteiger partial charge in [-0.2, -0.15) is 0 Å². The number of carbonyl (C=O) groups is 2. The molecular formula is C17H20N2O4. The molecule has 1 aromatic carbocycles. The molecule has 1 aromatic heterocycles. The zero-order valence-electron chi connectivity index (χ0n) is 13.4. The molecule has 2 atom stereocenters. The molecule has 1 amide bonds. The van der Waals surface area contributed by atoms with Crippen LogP contribution in [0.15, 0.2) is 35.1 Å². The van der Waals surface area contributed by atoms with Gasteiger partial charge < -0.3 is 15.0 Å². The van der Waals surface area contributed by atoms with Crippen LogP contribution < -0.4 is 10.9 Å². The number of pyridine rings is 1. The van der Waals surface area contributed by atoms with Gasteiger partial charge in [0.25, 0.3) is 11.5 Å². The van der Waals surface area contributed by atoms with Crippen LogP contribution in [0.25, 0.3) is 10.9 Å². The fraction of sp³-hybridized carbons (Fsp3) is 0.353. The maximum atomic E-state index is 12.5. The Labute approximate surface area is 133 Å². The van der Waals surface area contributed by atoms with E-state index in [9.17, 15) is 19.5 Å². The molecule has 0 aliphatic heterocycles. The Morgan fingerprint density at radius 1 is 1.30 bits per heavy atom. The molecule has 0 spiro atoms. The van der Waals surface area contributed by atoms with E-state index in [2.05, 4.69) is 5.32 Å². The fourth-order valence-corrected chi connectivity index (χ4v) is 2.50. The van der Waals surface area contributed by atoms with Gasteiger partial charge in [-0.15, -0.1) is 0 Å².